The normalized spacial score (nSPS) is 27.3. The summed E-state index contributed by atoms with van der Waals surface area (Å²) < 4.78 is 0. The van der Waals surface area contributed by atoms with Gasteiger partial charge in [-0.15, -0.1) is 0 Å². The van der Waals surface area contributed by atoms with Crippen LogP contribution in [0.4, 0.5) is 0 Å². The van der Waals surface area contributed by atoms with Crippen molar-refractivity contribution < 1.29 is 5.32 Å². The summed E-state index contributed by atoms with van der Waals surface area (Å²) >= 11 is 0. The SMILES string of the molecule is C=C(C)N[C@H]1CCCCC1[NH2+]CCC. The predicted octanol–water partition coefficient (Wildman–Crippen LogP) is 1.39. The van der Waals surface area contributed by atoms with Gasteiger partial charge in [0.1, 0.15) is 6.04 Å². The molecule has 0 aromatic rings. The third-order valence-electron chi connectivity index (χ3n) is 3.01. The summed E-state index contributed by atoms with van der Waals surface area (Å²) in [5, 5.41) is 6.03. The Balaban J connectivity index is 2.37. The van der Waals surface area contributed by atoms with Crippen LogP contribution in [0.5, 0.6) is 0 Å². The summed E-state index contributed by atoms with van der Waals surface area (Å²) in [5.74, 6) is 0. The Morgan fingerprint density at radius 3 is 2.79 bits per heavy atom. The van der Waals surface area contributed by atoms with Gasteiger partial charge in [-0.1, -0.05) is 19.9 Å². The summed E-state index contributed by atoms with van der Waals surface area (Å²) in [6, 6.07) is 1.44. The molecule has 2 nitrogen and oxygen atoms in total. The van der Waals surface area contributed by atoms with Gasteiger partial charge in [0.2, 0.25) is 0 Å². The van der Waals surface area contributed by atoms with E-state index >= 15 is 0 Å². The van der Waals surface area contributed by atoms with E-state index in [9.17, 15) is 0 Å². The molecule has 1 aliphatic rings. The van der Waals surface area contributed by atoms with Crippen LogP contribution < -0.4 is 10.6 Å². The topological polar surface area (TPSA) is 28.6 Å². The maximum Gasteiger partial charge on any atom is 0.106 e. The van der Waals surface area contributed by atoms with Crippen molar-refractivity contribution in [3.05, 3.63) is 12.3 Å². The Hall–Kier alpha value is -0.500. The van der Waals surface area contributed by atoms with Crippen LogP contribution >= 0.6 is 0 Å². The Bertz CT molecular complexity index is 177. The van der Waals surface area contributed by atoms with E-state index in [1.807, 2.05) is 0 Å². The van der Waals surface area contributed by atoms with Gasteiger partial charge in [-0.3, -0.25) is 0 Å². The first-order valence-corrected chi connectivity index (χ1v) is 5.99. The first-order valence-electron chi connectivity index (χ1n) is 5.99. The van der Waals surface area contributed by atoms with Crippen LogP contribution in [0.15, 0.2) is 12.3 Å². The molecule has 2 heteroatoms. The molecule has 0 aromatic heterocycles. The fraction of sp³-hybridized carbons (Fsp3) is 0.833. The number of quaternary nitrogens is 1. The van der Waals surface area contributed by atoms with Gasteiger partial charge in [-0.05, 0) is 26.2 Å². The lowest BCUT2D eigenvalue weighted by Gasteiger charge is -2.31. The van der Waals surface area contributed by atoms with Crippen molar-refractivity contribution in [2.45, 2.75) is 58.0 Å². The average molecular weight is 197 g/mol. The molecule has 0 heterocycles. The molecule has 1 fully saturated rings. The number of hydrogen-bond donors (Lipinski definition) is 2. The zero-order valence-corrected chi connectivity index (χ0v) is 9.68. The maximum atomic E-state index is 3.94. The fourth-order valence-corrected chi connectivity index (χ4v) is 2.32. The second-order valence-electron chi connectivity index (χ2n) is 4.50. The Morgan fingerprint density at radius 1 is 1.43 bits per heavy atom. The highest BCUT2D eigenvalue weighted by Crippen LogP contribution is 2.16. The van der Waals surface area contributed by atoms with Crippen LogP contribution in [0.25, 0.3) is 0 Å². The van der Waals surface area contributed by atoms with Crippen LogP contribution in [-0.2, 0) is 0 Å². The van der Waals surface area contributed by atoms with Crippen LogP contribution in [-0.4, -0.2) is 18.6 Å². The summed E-state index contributed by atoms with van der Waals surface area (Å²) in [7, 11) is 0. The second kappa shape index (κ2) is 6.07. The average Bonchev–Trinajstić information content (AvgIpc) is 2.16. The van der Waals surface area contributed by atoms with Crippen LogP contribution in [0.1, 0.15) is 46.0 Å². The van der Waals surface area contributed by atoms with E-state index in [0.29, 0.717) is 6.04 Å². The molecule has 3 N–H and O–H groups in total. The molecular formula is C12H25N2+. The van der Waals surface area contributed by atoms with E-state index in [-0.39, 0.29) is 0 Å². The number of nitrogens with two attached hydrogens (primary N) is 1. The van der Waals surface area contributed by atoms with Gasteiger partial charge in [0.25, 0.3) is 0 Å². The van der Waals surface area contributed by atoms with Gasteiger partial charge in [0.05, 0.1) is 12.6 Å². The van der Waals surface area contributed by atoms with E-state index in [2.05, 4.69) is 31.1 Å². The van der Waals surface area contributed by atoms with Crippen molar-refractivity contribution in [3.8, 4) is 0 Å². The highest BCUT2D eigenvalue weighted by Gasteiger charge is 2.26. The number of hydrogen-bond acceptors (Lipinski definition) is 1. The quantitative estimate of drug-likeness (QED) is 0.685. The maximum absolute atomic E-state index is 3.94. The molecule has 1 aliphatic carbocycles. The molecule has 0 spiro atoms. The molecule has 0 amide bonds. The van der Waals surface area contributed by atoms with Gasteiger partial charge < -0.3 is 10.6 Å². The molecule has 0 aromatic carbocycles. The molecule has 0 saturated heterocycles. The predicted molar refractivity (Wildman–Crippen MR) is 61.1 cm³/mol. The minimum atomic E-state index is 0.660. The van der Waals surface area contributed by atoms with Crippen molar-refractivity contribution >= 4 is 0 Å². The molecular weight excluding hydrogens is 172 g/mol. The van der Waals surface area contributed by atoms with E-state index in [1.165, 1.54) is 38.6 Å². The van der Waals surface area contributed by atoms with Gasteiger partial charge in [0.15, 0.2) is 0 Å². The molecule has 1 rings (SSSR count). The van der Waals surface area contributed by atoms with E-state index in [1.54, 1.807) is 0 Å². The number of rotatable bonds is 5. The van der Waals surface area contributed by atoms with Crippen LogP contribution in [0.3, 0.4) is 0 Å². The zero-order valence-electron chi connectivity index (χ0n) is 9.68. The van der Waals surface area contributed by atoms with Crippen LogP contribution in [0, 0.1) is 0 Å². The summed E-state index contributed by atoms with van der Waals surface area (Å²) in [6.45, 7) is 9.51. The Kier molecular flexibility index (Phi) is 5.02. The van der Waals surface area contributed by atoms with E-state index < -0.39 is 0 Å². The van der Waals surface area contributed by atoms with Crippen molar-refractivity contribution in [2.24, 2.45) is 0 Å². The largest absolute Gasteiger partial charge is 0.381 e. The zero-order chi connectivity index (χ0) is 10.4. The van der Waals surface area contributed by atoms with Crippen molar-refractivity contribution in [1.82, 2.24) is 5.32 Å². The first-order chi connectivity index (χ1) is 6.74. The fourth-order valence-electron chi connectivity index (χ4n) is 2.32. The number of nitrogens with one attached hydrogen (secondary N) is 1. The minimum Gasteiger partial charge on any atom is -0.381 e. The number of allylic oxidation sites excluding steroid dienone is 1. The third kappa shape index (κ3) is 3.70. The summed E-state index contributed by atoms with van der Waals surface area (Å²) in [5.41, 5.74) is 1.12. The monoisotopic (exact) mass is 197 g/mol. The standard InChI is InChI=1S/C12H24N2/c1-4-9-13-11-7-5-6-8-12(11)14-10(2)3/h11-14H,2,4-9H2,1,3H3/p+1/t11?,12-/m0/s1. The van der Waals surface area contributed by atoms with Crippen molar-refractivity contribution in [2.75, 3.05) is 6.54 Å². The van der Waals surface area contributed by atoms with Crippen molar-refractivity contribution in [1.29, 1.82) is 0 Å². The lowest BCUT2D eigenvalue weighted by atomic mass is 9.90. The van der Waals surface area contributed by atoms with E-state index in [0.717, 1.165) is 11.7 Å². The molecule has 82 valence electrons. The Morgan fingerprint density at radius 2 is 2.14 bits per heavy atom. The van der Waals surface area contributed by atoms with Crippen LogP contribution in [0.2, 0.25) is 0 Å². The molecule has 14 heavy (non-hydrogen) atoms. The van der Waals surface area contributed by atoms with Gasteiger partial charge >= 0.3 is 0 Å². The van der Waals surface area contributed by atoms with Gasteiger partial charge in [-0.25, -0.2) is 0 Å². The summed E-state index contributed by atoms with van der Waals surface area (Å²) in [4.78, 5) is 0. The second-order valence-corrected chi connectivity index (χ2v) is 4.50. The molecule has 0 aliphatic heterocycles. The lowest BCUT2D eigenvalue weighted by molar-refractivity contribution is -0.693. The summed E-state index contributed by atoms with van der Waals surface area (Å²) in [6.07, 6.45) is 6.74. The van der Waals surface area contributed by atoms with Gasteiger partial charge in [0, 0.05) is 12.1 Å². The van der Waals surface area contributed by atoms with Crippen molar-refractivity contribution in [3.63, 3.8) is 0 Å². The first kappa shape index (κ1) is 11.6. The highest BCUT2D eigenvalue weighted by atomic mass is 15.0. The smallest absolute Gasteiger partial charge is 0.106 e. The molecule has 0 radical (unpaired) electrons. The van der Waals surface area contributed by atoms with Gasteiger partial charge in [-0.2, -0.15) is 0 Å². The molecule has 0 bridgehead atoms. The Labute approximate surface area is 88.2 Å². The molecule has 1 saturated carbocycles. The highest BCUT2D eigenvalue weighted by molar-refractivity contribution is 4.92. The third-order valence-corrected chi connectivity index (χ3v) is 3.01. The minimum absolute atomic E-state index is 0.660. The lowest BCUT2D eigenvalue weighted by Crippen LogP contribution is -2.93. The molecule has 2 atom stereocenters. The van der Waals surface area contributed by atoms with E-state index in [4.69, 9.17) is 0 Å². The molecule has 1 unspecified atom stereocenters.